The predicted octanol–water partition coefficient (Wildman–Crippen LogP) is 1.51. The standard InChI is InChI=1S/C13H25NO2/c1-11(12-3-4-12)14(2)9-13(10-15)5-7-16-8-6-13/h11-12,15H,3-10H2,1-2H3. The van der Waals surface area contributed by atoms with Gasteiger partial charge in [0.05, 0.1) is 6.61 Å². The molecule has 0 bridgehead atoms. The molecule has 3 heteroatoms. The number of rotatable bonds is 5. The third kappa shape index (κ3) is 2.76. The van der Waals surface area contributed by atoms with E-state index in [-0.39, 0.29) is 5.41 Å². The molecule has 1 saturated carbocycles. The van der Waals surface area contributed by atoms with E-state index < -0.39 is 0 Å². The van der Waals surface area contributed by atoms with Crippen molar-refractivity contribution >= 4 is 0 Å². The Kier molecular flexibility index (Phi) is 3.88. The predicted molar refractivity (Wildman–Crippen MR) is 64.4 cm³/mol. The monoisotopic (exact) mass is 227 g/mol. The number of aliphatic hydroxyl groups excluding tert-OH is 1. The highest BCUT2D eigenvalue weighted by Gasteiger charge is 2.37. The van der Waals surface area contributed by atoms with Crippen molar-refractivity contribution in [2.45, 2.75) is 38.6 Å². The van der Waals surface area contributed by atoms with Crippen LogP contribution in [0.2, 0.25) is 0 Å². The van der Waals surface area contributed by atoms with Gasteiger partial charge in [-0.15, -0.1) is 0 Å². The molecule has 2 rings (SSSR count). The Bertz CT molecular complexity index is 222. The van der Waals surface area contributed by atoms with Gasteiger partial charge < -0.3 is 14.7 Å². The maximum atomic E-state index is 9.64. The molecule has 16 heavy (non-hydrogen) atoms. The van der Waals surface area contributed by atoms with Crippen molar-refractivity contribution < 1.29 is 9.84 Å². The lowest BCUT2D eigenvalue weighted by Crippen LogP contribution is -2.45. The van der Waals surface area contributed by atoms with E-state index in [1.807, 2.05) is 0 Å². The first-order chi connectivity index (χ1) is 7.67. The Hall–Kier alpha value is -0.120. The minimum Gasteiger partial charge on any atom is -0.396 e. The number of hydrogen-bond donors (Lipinski definition) is 1. The number of hydrogen-bond acceptors (Lipinski definition) is 3. The van der Waals surface area contributed by atoms with E-state index in [1.165, 1.54) is 12.8 Å². The molecule has 2 aliphatic rings. The summed E-state index contributed by atoms with van der Waals surface area (Å²) in [4.78, 5) is 2.44. The summed E-state index contributed by atoms with van der Waals surface area (Å²) in [6.45, 7) is 5.27. The minimum atomic E-state index is 0.0934. The molecule has 1 atom stereocenters. The molecule has 0 amide bonds. The Morgan fingerprint density at radius 2 is 2.00 bits per heavy atom. The highest BCUT2D eigenvalue weighted by Crippen LogP contribution is 2.37. The van der Waals surface area contributed by atoms with Gasteiger partial charge in [-0.3, -0.25) is 0 Å². The van der Waals surface area contributed by atoms with E-state index in [9.17, 15) is 5.11 Å². The summed E-state index contributed by atoms with van der Waals surface area (Å²) in [5.74, 6) is 0.903. The lowest BCUT2D eigenvalue weighted by Gasteiger charge is -2.40. The molecule has 3 nitrogen and oxygen atoms in total. The van der Waals surface area contributed by atoms with E-state index in [1.54, 1.807) is 0 Å². The van der Waals surface area contributed by atoms with Crippen LogP contribution in [-0.2, 0) is 4.74 Å². The first-order valence-corrected chi connectivity index (χ1v) is 6.56. The van der Waals surface area contributed by atoms with Crippen molar-refractivity contribution in [3.8, 4) is 0 Å². The van der Waals surface area contributed by atoms with Crippen LogP contribution < -0.4 is 0 Å². The molecule has 0 radical (unpaired) electrons. The summed E-state index contributed by atoms with van der Waals surface area (Å²) < 4.78 is 5.40. The molecule has 0 aromatic carbocycles. The zero-order valence-electron chi connectivity index (χ0n) is 10.6. The van der Waals surface area contributed by atoms with Crippen molar-refractivity contribution in [2.75, 3.05) is 33.4 Å². The van der Waals surface area contributed by atoms with Crippen molar-refractivity contribution in [2.24, 2.45) is 11.3 Å². The Labute approximate surface area is 98.8 Å². The summed E-state index contributed by atoms with van der Waals surface area (Å²) in [5.41, 5.74) is 0.0934. The van der Waals surface area contributed by atoms with Gasteiger partial charge >= 0.3 is 0 Å². The fourth-order valence-corrected chi connectivity index (χ4v) is 2.78. The van der Waals surface area contributed by atoms with Crippen LogP contribution in [0.15, 0.2) is 0 Å². The second kappa shape index (κ2) is 5.03. The summed E-state index contributed by atoms with van der Waals surface area (Å²) in [5, 5.41) is 9.64. The molecular formula is C13H25NO2. The summed E-state index contributed by atoms with van der Waals surface area (Å²) in [6, 6.07) is 0.672. The summed E-state index contributed by atoms with van der Waals surface area (Å²) in [7, 11) is 2.20. The van der Waals surface area contributed by atoms with Crippen molar-refractivity contribution in [1.82, 2.24) is 4.90 Å². The molecule has 1 unspecified atom stereocenters. The van der Waals surface area contributed by atoms with E-state index >= 15 is 0 Å². The maximum Gasteiger partial charge on any atom is 0.0501 e. The summed E-state index contributed by atoms with van der Waals surface area (Å²) >= 11 is 0. The van der Waals surface area contributed by atoms with Gasteiger partial charge in [-0.25, -0.2) is 0 Å². The van der Waals surface area contributed by atoms with Gasteiger partial charge in [-0.2, -0.15) is 0 Å². The van der Waals surface area contributed by atoms with Crippen molar-refractivity contribution in [1.29, 1.82) is 0 Å². The third-order valence-corrected chi connectivity index (χ3v) is 4.47. The lowest BCUT2D eigenvalue weighted by atomic mass is 9.80. The van der Waals surface area contributed by atoms with Crippen LogP contribution in [0, 0.1) is 11.3 Å². The van der Waals surface area contributed by atoms with Crippen LogP contribution in [0.5, 0.6) is 0 Å². The zero-order chi connectivity index (χ0) is 11.6. The largest absolute Gasteiger partial charge is 0.396 e. The van der Waals surface area contributed by atoms with Crippen molar-refractivity contribution in [3.05, 3.63) is 0 Å². The molecule has 1 heterocycles. The van der Waals surface area contributed by atoms with Gasteiger partial charge in [0.1, 0.15) is 0 Å². The molecule has 2 fully saturated rings. The number of aliphatic hydroxyl groups is 1. The molecule has 0 spiro atoms. The number of nitrogens with zero attached hydrogens (tertiary/aromatic N) is 1. The fraction of sp³-hybridized carbons (Fsp3) is 1.00. The third-order valence-electron chi connectivity index (χ3n) is 4.47. The van der Waals surface area contributed by atoms with Gasteiger partial charge in [0.15, 0.2) is 0 Å². The zero-order valence-corrected chi connectivity index (χ0v) is 10.6. The van der Waals surface area contributed by atoms with Crippen molar-refractivity contribution in [3.63, 3.8) is 0 Å². The van der Waals surface area contributed by atoms with Crippen LogP contribution in [0.25, 0.3) is 0 Å². The van der Waals surface area contributed by atoms with E-state index in [2.05, 4.69) is 18.9 Å². The van der Waals surface area contributed by atoms with E-state index in [4.69, 9.17) is 4.74 Å². The topological polar surface area (TPSA) is 32.7 Å². The Morgan fingerprint density at radius 1 is 1.38 bits per heavy atom. The molecule has 94 valence electrons. The highest BCUT2D eigenvalue weighted by molar-refractivity contribution is 4.89. The molecule has 1 N–H and O–H groups in total. The maximum absolute atomic E-state index is 9.64. The second-order valence-corrected chi connectivity index (χ2v) is 5.76. The fourth-order valence-electron chi connectivity index (χ4n) is 2.78. The van der Waals surface area contributed by atoms with Crippen LogP contribution in [-0.4, -0.2) is 49.5 Å². The van der Waals surface area contributed by atoms with Crippen LogP contribution in [0.1, 0.15) is 32.6 Å². The second-order valence-electron chi connectivity index (χ2n) is 5.76. The van der Waals surface area contributed by atoms with Crippen LogP contribution >= 0.6 is 0 Å². The first-order valence-electron chi connectivity index (χ1n) is 6.56. The minimum absolute atomic E-state index is 0.0934. The lowest BCUT2D eigenvalue weighted by molar-refractivity contribution is -0.0364. The quantitative estimate of drug-likeness (QED) is 0.772. The molecule has 0 aromatic rings. The van der Waals surface area contributed by atoms with Gasteiger partial charge in [0, 0.05) is 31.2 Å². The smallest absolute Gasteiger partial charge is 0.0501 e. The molecule has 1 aliphatic heterocycles. The molecule has 1 saturated heterocycles. The molecular weight excluding hydrogens is 202 g/mol. The van der Waals surface area contributed by atoms with E-state index in [0.29, 0.717) is 12.6 Å². The number of ether oxygens (including phenoxy) is 1. The average Bonchev–Trinajstić information content (AvgIpc) is 3.13. The van der Waals surface area contributed by atoms with Gasteiger partial charge in [-0.1, -0.05) is 0 Å². The average molecular weight is 227 g/mol. The Morgan fingerprint density at radius 3 is 2.50 bits per heavy atom. The van der Waals surface area contributed by atoms with E-state index in [0.717, 1.165) is 38.5 Å². The summed E-state index contributed by atoms with van der Waals surface area (Å²) in [6.07, 6.45) is 4.79. The SMILES string of the molecule is CC(C1CC1)N(C)CC1(CO)CCOCC1. The highest BCUT2D eigenvalue weighted by atomic mass is 16.5. The van der Waals surface area contributed by atoms with Crippen LogP contribution in [0.3, 0.4) is 0 Å². The van der Waals surface area contributed by atoms with Gasteiger partial charge in [-0.05, 0) is 45.6 Å². The normalized spacial score (nSPS) is 27.0. The Balaban J connectivity index is 1.88. The van der Waals surface area contributed by atoms with Crippen LogP contribution in [0.4, 0.5) is 0 Å². The first kappa shape index (κ1) is 12.3. The molecule has 1 aliphatic carbocycles. The van der Waals surface area contributed by atoms with Gasteiger partial charge in [0.2, 0.25) is 0 Å². The molecule has 0 aromatic heterocycles. The van der Waals surface area contributed by atoms with Gasteiger partial charge in [0.25, 0.3) is 0 Å².